The van der Waals surface area contributed by atoms with E-state index in [1.54, 1.807) is 0 Å². The zero-order valence-corrected chi connectivity index (χ0v) is 30.4. The summed E-state index contributed by atoms with van der Waals surface area (Å²) in [5, 5.41) is 11.0. The molecule has 12 heteroatoms. The minimum absolute atomic E-state index is 0.0827. The molecule has 1 aliphatic heterocycles. The first-order valence-electron chi connectivity index (χ1n) is 16.6. The molecule has 0 bridgehead atoms. The van der Waals surface area contributed by atoms with Crippen LogP contribution in [0.2, 0.25) is 0 Å². The highest BCUT2D eigenvalue weighted by Gasteiger charge is 2.44. The largest absolute Gasteiger partial charge is 0.353 e. The van der Waals surface area contributed by atoms with Gasteiger partial charge in [0.25, 0.3) is 5.91 Å². The molecule has 46 heavy (non-hydrogen) atoms. The highest BCUT2D eigenvalue weighted by molar-refractivity contribution is 7.86. The van der Waals surface area contributed by atoms with Crippen molar-refractivity contribution in [3.63, 3.8) is 0 Å². The third kappa shape index (κ3) is 12.3. The number of unbranched alkanes of at least 4 members (excludes halogenated alkanes) is 2. The fourth-order valence-electron chi connectivity index (χ4n) is 5.50. The molecule has 1 saturated heterocycles. The molecule has 1 heterocycles. The molecular formula is C34H59N5O6S. The van der Waals surface area contributed by atoms with Crippen molar-refractivity contribution in [3.05, 3.63) is 0 Å². The summed E-state index contributed by atoms with van der Waals surface area (Å²) in [6.07, 6.45) is 11.4. The molecule has 0 radical (unpaired) electrons. The Hall–Kier alpha value is -2.94. The Kier molecular flexibility index (Phi) is 16.4. The number of amides is 5. The van der Waals surface area contributed by atoms with Gasteiger partial charge in [-0.1, -0.05) is 60.3 Å². The molecule has 1 rings (SSSR count). The van der Waals surface area contributed by atoms with E-state index in [9.17, 15) is 28.2 Å². The third-order valence-corrected chi connectivity index (χ3v) is 10.6. The number of Topliss-reactive ketones (excluding diaryl/α,β-unsaturated/α-hetero) is 1. The minimum Gasteiger partial charge on any atom is -0.353 e. The van der Waals surface area contributed by atoms with E-state index in [0.717, 1.165) is 25.7 Å². The third-order valence-electron chi connectivity index (χ3n) is 8.37. The van der Waals surface area contributed by atoms with Crippen LogP contribution in [-0.2, 0) is 30.0 Å². The lowest BCUT2D eigenvalue weighted by atomic mass is 9.85. The molecule has 5 amide bonds. The van der Waals surface area contributed by atoms with Crippen molar-refractivity contribution in [2.24, 2.45) is 5.41 Å². The fraction of sp³-hybridized carbons (Fsp3) is 0.794. The van der Waals surface area contributed by atoms with Crippen LogP contribution in [0.25, 0.3) is 0 Å². The van der Waals surface area contributed by atoms with Crippen molar-refractivity contribution in [1.29, 1.82) is 0 Å². The van der Waals surface area contributed by atoms with Gasteiger partial charge in [0.2, 0.25) is 17.6 Å². The molecule has 11 nitrogen and oxygen atoms in total. The van der Waals surface area contributed by atoms with E-state index in [2.05, 4.69) is 41.0 Å². The number of likely N-dealkylation sites (tertiary alicyclic amines) is 1. The molecule has 0 aromatic carbocycles. The van der Waals surface area contributed by atoms with E-state index in [1.165, 1.54) is 11.9 Å². The summed E-state index contributed by atoms with van der Waals surface area (Å²) >= 11 is 0. The predicted molar refractivity (Wildman–Crippen MR) is 183 cm³/mol. The number of terminal acetylenes is 1. The fourth-order valence-corrected chi connectivity index (χ4v) is 6.80. The molecule has 4 atom stereocenters. The molecule has 1 fully saturated rings. The number of carbonyl (C=O) groups is 5. The normalized spacial score (nSPS) is 17.3. The lowest BCUT2D eigenvalue weighted by molar-refractivity contribution is -0.143. The predicted octanol–water partition coefficient (Wildman–Crippen LogP) is 3.57. The second kappa shape index (κ2) is 18.4. The van der Waals surface area contributed by atoms with Gasteiger partial charge in [0.05, 0.1) is 11.6 Å². The summed E-state index contributed by atoms with van der Waals surface area (Å²) in [5.41, 5.74) is -1.42. The van der Waals surface area contributed by atoms with Crippen LogP contribution in [-0.4, -0.2) is 86.4 Å². The van der Waals surface area contributed by atoms with Crippen LogP contribution < -0.4 is 21.3 Å². The van der Waals surface area contributed by atoms with Crippen LogP contribution in [0, 0.1) is 17.8 Å². The molecule has 0 aromatic heterocycles. The maximum atomic E-state index is 14.1. The van der Waals surface area contributed by atoms with Crippen molar-refractivity contribution in [2.45, 2.75) is 148 Å². The molecule has 0 aliphatic carbocycles. The Morgan fingerprint density at radius 3 is 2.04 bits per heavy atom. The van der Waals surface area contributed by atoms with Gasteiger partial charge in [0.15, 0.2) is 0 Å². The van der Waals surface area contributed by atoms with E-state index in [4.69, 9.17) is 6.42 Å². The van der Waals surface area contributed by atoms with Crippen LogP contribution in [0.15, 0.2) is 0 Å². The second-order valence-corrected chi connectivity index (χ2v) is 16.6. The maximum Gasteiger partial charge on any atom is 0.315 e. The average molecular weight is 666 g/mol. The number of nitrogens with one attached hydrogen (secondary N) is 4. The SMILES string of the molecule is C#CCCC(NC(=O)[C@@H]1CCCN1C(=O)C(NC(=O)NC(CCCC)(CCCC)CS(=O)C(C)(C)C)C(C)(C)C)C(=O)C(=O)NC. The molecule has 0 spiro atoms. The minimum atomic E-state index is -1.22. The molecule has 3 unspecified atom stereocenters. The standard InChI is InChI=1S/C34H59N5O6S/c1-11-14-18-24(26(40)29(42)35-10)36-28(41)25-19-17-22-39(25)30(43)27(32(4,5)6)37-31(44)38-34(20-15-12-2,21-16-13-3)23-46(45)33(7,8)9/h1,24-25,27H,12-23H2,2-10H3,(H,35,42)(H,36,41)(H2,37,38,44)/t24?,25-,27?,46?/m0/s1. The summed E-state index contributed by atoms with van der Waals surface area (Å²) in [5.74, 6) is 0.113. The zero-order chi connectivity index (χ0) is 35.3. The molecule has 262 valence electrons. The molecule has 1 aliphatic rings. The number of hydrogen-bond donors (Lipinski definition) is 4. The summed E-state index contributed by atoms with van der Waals surface area (Å²) in [6, 6.07) is -3.50. The van der Waals surface area contributed by atoms with E-state index >= 15 is 0 Å². The van der Waals surface area contributed by atoms with E-state index in [-0.39, 0.29) is 12.8 Å². The van der Waals surface area contributed by atoms with Crippen molar-refractivity contribution in [1.82, 2.24) is 26.2 Å². The highest BCUT2D eigenvalue weighted by atomic mass is 32.2. The van der Waals surface area contributed by atoms with E-state index in [0.29, 0.717) is 38.0 Å². The van der Waals surface area contributed by atoms with Crippen molar-refractivity contribution >= 4 is 40.3 Å². The molecule has 0 aromatic rings. The van der Waals surface area contributed by atoms with Crippen LogP contribution >= 0.6 is 0 Å². The molecule has 0 saturated carbocycles. The Morgan fingerprint density at radius 2 is 1.57 bits per heavy atom. The lowest BCUT2D eigenvalue weighted by Crippen LogP contribution is -2.63. The molecule has 4 N–H and O–H groups in total. The van der Waals surface area contributed by atoms with Gasteiger partial charge in [-0.25, -0.2) is 4.79 Å². The van der Waals surface area contributed by atoms with Crippen LogP contribution in [0.4, 0.5) is 4.79 Å². The number of hydrogen-bond acceptors (Lipinski definition) is 6. The van der Waals surface area contributed by atoms with Gasteiger partial charge in [-0.3, -0.25) is 23.4 Å². The summed E-state index contributed by atoms with van der Waals surface area (Å²) in [6.45, 7) is 15.8. The summed E-state index contributed by atoms with van der Waals surface area (Å²) < 4.78 is 12.9. The zero-order valence-electron chi connectivity index (χ0n) is 29.6. The second-order valence-electron chi connectivity index (χ2n) is 14.4. The van der Waals surface area contributed by atoms with Crippen LogP contribution in [0.1, 0.15) is 120 Å². The van der Waals surface area contributed by atoms with Crippen molar-refractivity contribution < 1.29 is 28.2 Å². The monoisotopic (exact) mass is 665 g/mol. The van der Waals surface area contributed by atoms with Gasteiger partial charge in [-0.15, -0.1) is 12.3 Å². The van der Waals surface area contributed by atoms with Gasteiger partial charge in [-0.2, -0.15) is 0 Å². The van der Waals surface area contributed by atoms with Gasteiger partial charge in [-0.05, 0) is 58.3 Å². The first-order valence-corrected chi connectivity index (χ1v) is 18.0. The summed E-state index contributed by atoms with van der Waals surface area (Å²) in [4.78, 5) is 67.4. The maximum absolute atomic E-state index is 14.1. The van der Waals surface area contributed by atoms with Gasteiger partial charge in [0, 0.05) is 41.3 Å². The number of urea groups is 1. The summed E-state index contributed by atoms with van der Waals surface area (Å²) in [7, 11) is 0.111. The van der Waals surface area contributed by atoms with Crippen LogP contribution in [0.5, 0.6) is 0 Å². The van der Waals surface area contributed by atoms with Gasteiger partial charge < -0.3 is 26.2 Å². The number of nitrogens with zero attached hydrogens (tertiary/aromatic N) is 1. The Bertz CT molecular complexity index is 1130. The van der Waals surface area contributed by atoms with E-state index < -0.39 is 74.2 Å². The smallest absolute Gasteiger partial charge is 0.315 e. The topological polar surface area (TPSA) is 154 Å². The van der Waals surface area contributed by atoms with E-state index in [1.807, 2.05) is 41.5 Å². The Balaban J connectivity index is 3.29. The van der Waals surface area contributed by atoms with Crippen molar-refractivity contribution in [3.8, 4) is 12.3 Å². The quantitative estimate of drug-likeness (QED) is 0.138. The number of rotatable bonds is 17. The Labute approximate surface area is 279 Å². The first kappa shape index (κ1) is 41.1. The van der Waals surface area contributed by atoms with Crippen LogP contribution in [0.3, 0.4) is 0 Å². The first-order chi connectivity index (χ1) is 21.4. The Morgan fingerprint density at radius 1 is 0.978 bits per heavy atom. The average Bonchev–Trinajstić information content (AvgIpc) is 3.48. The highest BCUT2D eigenvalue weighted by Crippen LogP contribution is 2.29. The van der Waals surface area contributed by atoms with Crippen molar-refractivity contribution in [2.75, 3.05) is 19.3 Å². The van der Waals surface area contributed by atoms with Gasteiger partial charge in [0.1, 0.15) is 12.1 Å². The van der Waals surface area contributed by atoms with Gasteiger partial charge >= 0.3 is 6.03 Å². The lowest BCUT2D eigenvalue weighted by Gasteiger charge is -2.39. The number of ketones is 1. The molecular weight excluding hydrogens is 606 g/mol. The number of carbonyl (C=O) groups excluding carboxylic acids is 5. The number of likely N-dealkylation sites (N-methyl/N-ethyl adjacent to an activating group) is 1.